The second-order valence-electron chi connectivity index (χ2n) is 5.02. The maximum atomic E-state index is 12.2. The first-order valence-corrected chi connectivity index (χ1v) is 7.35. The van der Waals surface area contributed by atoms with Crippen molar-refractivity contribution in [1.82, 2.24) is 0 Å². The van der Waals surface area contributed by atoms with Gasteiger partial charge >= 0.3 is 0 Å². The molecule has 0 N–H and O–H groups in total. The lowest BCUT2D eigenvalue weighted by Gasteiger charge is -2.09. The molecule has 0 atom stereocenters. The topological polar surface area (TPSA) is 35.5 Å². The average molecular weight is 308 g/mol. The first-order chi connectivity index (χ1) is 11.2. The smallest absolute Gasteiger partial charge is 0.186 e. The molecular formula is C20H20O3. The molecule has 0 aromatic heterocycles. The largest absolute Gasteiger partial charge is 0.493 e. The number of carbonyl (C=O) groups is 1. The molecule has 3 nitrogen and oxygen atoms in total. The van der Waals surface area contributed by atoms with E-state index >= 15 is 0 Å². The van der Waals surface area contributed by atoms with E-state index in [1.165, 1.54) is 0 Å². The monoisotopic (exact) mass is 308 g/mol. The standard InChI is InChI=1S/C20H20O3/c1-4-13-23-19-12-10-16(14-20(19)22-3)9-11-18(21)17-8-6-5-7-15(17)2/h4-12,14H,1,13H2,2-3H3/b11-9+. The van der Waals surface area contributed by atoms with Gasteiger partial charge in [0.1, 0.15) is 6.61 Å². The number of ether oxygens (including phenoxy) is 2. The lowest BCUT2D eigenvalue weighted by Crippen LogP contribution is -1.97. The molecule has 0 amide bonds. The van der Waals surface area contributed by atoms with E-state index in [1.807, 2.05) is 49.4 Å². The van der Waals surface area contributed by atoms with E-state index in [9.17, 15) is 4.79 Å². The fourth-order valence-electron chi connectivity index (χ4n) is 2.17. The summed E-state index contributed by atoms with van der Waals surface area (Å²) in [6.45, 7) is 5.96. The number of rotatable bonds is 7. The van der Waals surface area contributed by atoms with Gasteiger partial charge in [0, 0.05) is 5.56 Å². The van der Waals surface area contributed by atoms with Crippen LogP contribution in [0.1, 0.15) is 21.5 Å². The molecule has 3 heteroatoms. The molecule has 23 heavy (non-hydrogen) atoms. The van der Waals surface area contributed by atoms with E-state index in [2.05, 4.69) is 6.58 Å². The van der Waals surface area contributed by atoms with Crippen LogP contribution in [0, 0.1) is 6.92 Å². The van der Waals surface area contributed by atoms with Crippen LogP contribution in [0.25, 0.3) is 6.08 Å². The molecule has 0 heterocycles. The van der Waals surface area contributed by atoms with E-state index in [0.29, 0.717) is 23.7 Å². The Labute approximate surface area is 136 Å². The van der Waals surface area contributed by atoms with Crippen LogP contribution in [0.15, 0.2) is 61.2 Å². The van der Waals surface area contributed by atoms with Crippen molar-refractivity contribution in [2.24, 2.45) is 0 Å². The summed E-state index contributed by atoms with van der Waals surface area (Å²) in [4.78, 5) is 12.2. The maximum Gasteiger partial charge on any atom is 0.186 e. The van der Waals surface area contributed by atoms with Crippen molar-refractivity contribution in [1.29, 1.82) is 0 Å². The second kappa shape index (κ2) is 7.99. The number of hydrogen-bond acceptors (Lipinski definition) is 3. The van der Waals surface area contributed by atoms with E-state index in [-0.39, 0.29) is 5.78 Å². The molecule has 2 aromatic carbocycles. The number of methoxy groups -OCH3 is 1. The first-order valence-electron chi connectivity index (χ1n) is 7.35. The molecule has 2 aromatic rings. The van der Waals surface area contributed by atoms with Gasteiger partial charge in [-0.25, -0.2) is 0 Å². The van der Waals surface area contributed by atoms with E-state index < -0.39 is 0 Å². The van der Waals surface area contributed by atoms with Crippen molar-refractivity contribution >= 4 is 11.9 Å². The minimum Gasteiger partial charge on any atom is -0.493 e. The van der Waals surface area contributed by atoms with Crippen molar-refractivity contribution < 1.29 is 14.3 Å². The van der Waals surface area contributed by atoms with Crippen LogP contribution in [-0.4, -0.2) is 19.5 Å². The highest BCUT2D eigenvalue weighted by Gasteiger charge is 2.06. The normalized spacial score (nSPS) is 10.5. The number of aryl methyl sites for hydroxylation is 1. The van der Waals surface area contributed by atoms with Crippen LogP contribution in [0.2, 0.25) is 0 Å². The highest BCUT2D eigenvalue weighted by Crippen LogP contribution is 2.28. The number of benzene rings is 2. The SMILES string of the molecule is C=CCOc1ccc(/C=C/C(=O)c2ccccc2C)cc1OC. The fraction of sp³-hybridized carbons (Fsp3) is 0.150. The summed E-state index contributed by atoms with van der Waals surface area (Å²) < 4.78 is 10.8. The first kappa shape index (κ1) is 16.6. The number of allylic oxidation sites excluding steroid dienone is 1. The Morgan fingerprint density at radius 3 is 2.65 bits per heavy atom. The van der Waals surface area contributed by atoms with Crippen LogP contribution < -0.4 is 9.47 Å². The van der Waals surface area contributed by atoms with Gasteiger partial charge in [0.2, 0.25) is 0 Å². The second-order valence-corrected chi connectivity index (χ2v) is 5.02. The zero-order chi connectivity index (χ0) is 16.7. The Kier molecular flexibility index (Phi) is 5.75. The summed E-state index contributed by atoms with van der Waals surface area (Å²) in [7, 11) is 1.59. The third-order valence-corrected chi connectivity index (χ3v) is 3.38. The Morgan fingerprint density at radius 2 is 1.96 bits per heavy atom. The third kappa shape index (κ3) is 4.33. The zero-order valence-corrected chi connectivity index (χ0v) is 13.4. The van der Waals surface area contributed by atoms with Crippen LogP contribution >= 0.6 is 0 Å². The molecule has 2 rings (SSSR count). The lowest BCUT2D eigenvalue weighted by atomic mass is 10.0. The molecule has 118 valence electrons. The predicted molar refractivity (Wildman–Crippen MR) is 93.2 cm³/mol. The maximum absolute atomic E-state index is 12.2. The van der Waals surface area contributed by atoms with Gasteiger partial charge in [-0.2, -0.15) is 0 Å². The summed E-state index contributed by atoms with van der Waals surface area (Å²) in [5.41, 5.74) is 2.55. The number of carbonyl (C=O) groups excluding carboxylic acids is 1. The van der Waals surface area contributed by atoms with Crippen molar-refractivity contribution in [2.75, 3.05) is 13.7 Å². The lowest BCUT2D eigenvalue weighted by molar-refractivity contribution is 0.104. The van der Waals surface area contributed by atoms with Crippen molar-refractivity contribution in [2.45, 2.75) is 6.92 Å². The highest BCUT2D eigenvalue weighted by atomic mass is 16.5. The van der Waals surface area contributed by atoms with Gasteiger partial charge in [-0.1, -0.05) is 49.1 Å². The van der Waals surface area contributed by atoms with Crippen LogP contribution in [0.5, 0.6) is 11.5 Å². The average Bonchev–Trinajstić information content (AvgIpc) is 2.58. The van der Waals surface area contributed by atoms with E-state index in [0.717, 1.165) is 11.1 Å². The minimum absolute atomic E-state index is 0.0194. The zero-order valence-electron chi connectivity index (χ0n) is 13.4. The molecule has 0 saturated heterocycles. The highest BCUT2D eigenvalue weighted by molar-refractivity contribution is 6.07. The summed E-state index contributed by atoms with van der Waals surface area (Å²) in [5, 5.41) is 0. The Bertz CT molecular complexity index is 729. The van der Waals surface area contributed by atoms with Crippen molar-refractivity contribution in [3.63, 3.8) is 0 Å². The van der Waals surface area contributed by atoms with E-state index in [1.54, 1.807) is 25.3 Å². The van der Waals surface area contributed by atoms with Gasteiger partial charge in [-0.3, -0.25) is 4.79 Å². The summed E-state index contributed by atoms with van der Waals surface area (Å²) in [5.74, 6) is 1.25. The summed E-state index contributed by atoms with van der Waals surface area (Å²) in [6, 6.07) is 13.1. The quantitative estimate of drug-likeness (QED) is 0.430. The third-order valence-electron chi connectivity index (χ3n) is 3.38. The van der Waals surface area contributed by atoms with Gasteiger partial charge in [-0.15, -0.1) is 0 Å². The molecule has 0 spiro atoms. The minimum atomic E-state index is -0.0194. The Morgan fingerprint density at radius 1 is 1.17 bits per heavy atom. The molecule has 0 aliphatic rings. The van der Waals surface area contributed by atoms with Crippen molar-refractivity contribution in [3.05, 3.63) is 77.9 Å². The van der Waals surface area contributed by atoms with E-state index in [4.69, 9.17) is 9.47 Å². The molecule has 0 saturated carbocycles. The molecular weight excluding hydrogens is 288 g/mol. The molecule has 0 bridgehead atoms. The number of ketones is 1. The predicted octanol–water partition coefficient (Wildman–Crippen LogP) is 4.46. The fourth-order valence-corrected chi connectivity index (χ4v) is 2.17. The Hall–Kier alpha value is -2.81. The van der Waals surface area contributed by atoms with Gasteiger partial charge < -0.3 is 9.47 Å². The molecule has 0 radical (unpaired) electrons. The summed E-state index contributed by atoms with van der Waals surface area (Å²) >= 11 is 0. The molecule has 0 unspecified atom stereocenters. The van der Waals surface area contributed by atoms with Gasteiger partial charge in [-0.05, 0) is 36.3 Å². The van der Waals surface area contributed by atoms with Gasteiger partial charge in [0.15, 0.2) is 17.3 Å². The Balaban J connectivity index is 2.18. The molecule has 0 fully saturated rings. The van der Waals surface area contributed by atoms with Gasteiger partial charge in [0.25, 0.3) is 0 Å². The van der Waals surface area contributed by atoms with Gasteiger partial charge in [0.05, 0.1) is 7.11 Å². The van der Waals surface area contributed by atoms with Crippen LogP contribution in [0.4, 0.5) is 0 Å². The van der Waals surface area contributed by atoms with Crippen LogP contribution in [0.3, 0.4) is 0 Å². The molecule has 0 aliphatic heterocycles. The molecule has 0 aliphatic carbocycles. The summed E-state index contributed by atoms with van der Waals surface area (Å²) in [6.07, 6.45) is 5.02. The van der Waals surface area contributed by atoms with Crippen LogP contribution in [-0.2, 0) is 0 Å². The van der Waals surface area contributed by atoms with Crippen molar-refractivity contribution in [3.8, 4) is 11.5 Å². The number of hydrogen-bond donors (Lipinski definition) is 0.